The number of aliphatic carboxylic acids is 1. The van der Waals surface area contributed by atoms with Gasteiger partial charge >= 0.3 is 12.1 Å². The highest BCUT2D eigenvalue weighted by Gasteiger charge is 2.78. The van der Waals surface area contributed by atoms with Crippen molar-refractivity contribution in [1.82, 2.24) is 0 Å². The first-order valence-corrected chi connectivity index (χ1v) is 15.0. The molecule has 0 aromatic rings. The van der Waals surface area contributed by atoms with Gasteiger partial charge in [-0.05, 0) is 85.8 Å². The van der Waals surface area contributed by atoms with Crippen molar-refractivity contribution < 1.29 is 42.9 Å². The van der Waals surface area contributed by atoms with Gasteiger partial charge in [-0.25, -0.2) is 18.4 Å². The quantitative estimate of drug-likeness (QED) is 0.421. The number of hydrogen-bond donors (Lipinski definition) is 2. The van der Waals surface area contributed by atoms with Crippen LogP contribution in [-0.2, 0) is 19.1 Å². The summed E-state index contributed by atoms with van der Waals surface area (Å²) in [4.78, 5) is 38.6. The highest BCUT2D eigenvalue weighted by atomic mass is 19.1. The Hall–Kier alpha value is -2.29. The van der Waals surface area contributed by atoms with Crippen LogP contribution in [0.25, 0.3) is 0 Å². The van der Waals surface area contributed by atoms with Gasteiger partial charge in [-0.1, -0.05) is 40.7 Å². The second-order valence-corrected chi connectivity index (χ2v) is 15.0. The van der Waals surface area contributed by atoms with Crippen LogP contribution >= 0.6 is 0 Å². The second-order valence-electron chi connectivity index (χ2n) is 15.0. The zero-order valence-corrected chi connectivity index (χ0v) is 24.7. The molecule has 0 aromatic carbocycles. The number of halogens is 2. The molecule has 2 unspecified atom stereocenters. The Morgan fingerprint density at radius 1 is 1.02 bits per heavy atom. The van der Waals surface area contributed by atoms with E-state index in [1.807, 2.05) is 6.92 Å². The summed E-state index contributed by atoms with van der Waals surface area (Å²) in [6.07, 6.45) is 0.208. The SMILES string of the molecule is C[C@@H]1C[C@H]2[C@@H]3C[C@H](F)C4=CC(=O)C=C[C@]4(C)[C@@]3(F)[C@@H](O)C[C@]2(C)[C@@]1(OC(=O)O[C@@H]1CC2CC([C@@H]1C)C2(C)C)C(=O)O. The smallest absolute Gasteiger partial charge is 0.478 e. The molecule has 2 bridgehead atoms. The third-order valence-corrected chi connectivity index (χ3v) is 13.3. The summed E-state index contributed by atoms with van der Waals surface area (Å²) in [5, 5.41) is 22.2. The van der Waals surface area contributed by atoms with E-state index in [0.29, 0.717) is 18.3 Å². The topological polar surface area (TPSA) is 110 Å². The Morgan fingerprint density at radius 2 is 1.71 bits per heavy atom. The van der Waals surface area contributed by atoms with E-state index in [9.17, 15) is 24.6 Å². The molecule has 0 radical (unpaired) electrons. The molecule has 7 nitrogen and oxygen atoms in total. The standard InChI is InChI=1S/C32H42F2O7/c1-15-9-20-21-13-23(33)22-12-18(35)7-8-29(22,5)31(21,34)25(36)14-30(20,6)32(15,26(37)38)41-27(39)40-24-11-17-10-19(16(24)2)28(17,3)4/h7-8,12,15-17,19-21,23-25,36H,9-11,13-14H2,1-6H3,(H,37,38)/t15-,16+,17?,19?,20+,21+,23+,24-,25+,29+,30+,31+,32+/m1/s1. The molecule has 7 rings (SSSR count). The Morgan fingerprint density at radius 3 is 2.32 bits per heavy atom. The maximum Gasteiger partial charge on any atom is 0.509 e. The number of ether oxygens (including phenoxy) is 2. The number of hydrogen-bond acceptors (Lipinski definition) is 6. The number of aliphatic hydroxyl groups excluding tert-OH is 1. The van der Waals surface area contributed by atoms with Crippen LogP contribution in [0, 0.1) is 51.8 Å². The van der Waals surface area contributed by atoms with E-state index >= 15 is 8.78 Å². The van der Waals surface area contributed by atoms with E-state index in [1.165, 1.54) is 19.1 Å². The minimum Gasteiger partial charge on any atom is -0.478 e. The van der Waals surface area contributed by atoms with E-state index in [2.05, 4.69) is 13.8 Å². The maximum atomic E-state index is 17.4. The molecule has 7 aliphatic carbocycles. The predicted octanol–water partition coefficient (Wildman–Crippen LogP) is 5.60. The minimum atomic E-state index is -2.34. The highest BCUT2D eigenvalue weighted by Crippen LogP contribution is 2.71. The van der Waals surface area contributed by atoms with E-state index in [4.69, 9.17) is 9.47 Å². The third kappa shape index (κ3) is 3.36. The average Bonchev–Trinajstić information content (AvgIpc) is 3.10. The molecule has 7 aliphatic rings. The maximum absolute atomic E-state index is 17.4. The zero-order valence-electron chi connectivity index (χ0n) is 24.7. The van der Waals surface area contributed by atoms with Gasteiger partial charge in [-0.3, -0.25) is 4.79 Å². The molecule has 2 N–H and O–H groups in total. The summed E-state index contributed by atoms with van der Waals surface area (Å²) < 4.78 is 44.8. The van der Waals surface area contributed by atoms with Gasteiger partial charge in [0.05, 0.1) is 6.10 Å². The van der Waals surface area contributed by atoms with Gasteiger partial charge in [0.1, 0.15) is 12.3 Å². The molecule has 0 saturated heterocycles. The van der Waals surface area contributed by atoms with Gasteiger partial charge in [0.25, 0.3) is 0 Å². The van der Waals surface area contributed by atoms with E-state index < -0.39 is 76.1 Å². The summed E-state index contributed by atoms with van der Waals surface area (Å²) >= 11 is 0. The van der Waals surface area contributed by atoms with Gasteiger partial charge in [0.2, 0.25) is 5.60 Å². The number of rotatable bonds is 3. The van der Waals surface area contributed by atoms with Crippen molar-refractivity contribution >= 4 is 17.9 Å². The Kier molecular flexibility index (Phi) is 6.07. The van der Waals surface area contributed by atoms with E-state index in [1.54, 1.807) is 13.8 Å². The van der Waals surface area contributed by atoms with Crippen LogP contribution in [0.2, 0.25) is 0 Å². The zero-order chi connectivity index (χ0) is 30.1. The lowest BCUT2D eigenvalue weighted by molar-refractivity contribution is -0.234. The summed E-state index contributed by atoms with van der Waals surface area (Å²) in [6, 6.07) is 0. The highest BCUT2D eigenvalue weighted by molar-refractivity contribution is 6.01. The molecule has 6 fully saturated rings. The van der Waals surface area contributed by atoms with Crippen LogP contribution in [0.1, 0.15) is 73.6 Å². The second kappa shape index (κ2) is 8.64. The minimum absolute atomic E-state index is 0.00426. The monoisotopic (exact) mass is 576 g/mol. The largest absolute Gasteiger partial charge is 0.509 e. The Balaban J connectivity index is 1.32. The van der Waals surface area contributed by atoms with Crippen LogP contribution < -0.4 is 0 Å². The fraction of sp³-hybridized carbons (Fsp3) is 0.781. The molecule has 226 valence electrons. The third-order valence-electron chi connectivity index (χ3n) is 13.3. The number of fused-ring (bicyclic) bond motifs is 7. The first-order valence-electron chi connectivity index (χ1n) is 15.0. The van der Waals surface area contributed by atoms with Crippen molar-refractivity contribution in [3.8, 4) is 0 Å². The van der Waals surface area contributed by atoms with Crippen molar-refractivity contribution in [3.63, 3.8) is 0 Å². The first-order chi connectivity index (χ1) is 18.9. The van der Waals surface area contributed by atoms with Crippen LogP contribution in [0.4, 0.5) is 13.6 Å². The molecule has 0 aliphatic heterocycles. The van der Waals surface area contributed by atoms with Gasteiger partial charge in [0.15, 0.2) is 11.5 Å². The van der Waals surface area contributed by atoms with Crippen molar-refractivity contribution in [2.75, 3.05) is 0 Å². The lowest BCUT2D eigenvalue weighted by atomic mass is 9.44. The molecular weight excluding hydrogens is 534 g/mol. The van der Waals surface area contributed by atoms with Gasteiger partial charge in [-0.2, -0.15) is 0 Å². The van der Waals surface area contributed by atoms with E-state index in [-0.39, 0.29) is 36.2 Å². The summed E-state index contributed by atoms with van der Waals surface area (Å²) in [5.74, 6) is -3.43. The number of aliphatic hydroxyl groups is 1. The fourth-order valence-electron chi connectivity index (χ4n) is 10.8. The summed E-state index contributed by atoms with van der Waals surface area (Å²) in [6.45, 7) is 11.3. The molecule has 9 heteroatoms. The number of carboxylic acid groups (broad SMARTS) is 1. The van der Waals surface area contributed by atoms with Crippen LogP contribution in [0.5, 0.6) is 0 Å². The Labute approximate surface area is 239 Å². The molecule has 6 saturated carbocycles. The molecule has 0 heterocycles. The van der Waals surface area contributed by atoms with E-state index in [0.717, 1.165) is 12.5 Å². The number of carbonyl (C=O) groups is 3. The number of alkyl halides is 2. The van der Waals surface area contributed by atoms with Crippen molar-refractivity contribution in [1.29, 1.82) is 0 Å². The van der Waals surface area contributed by atoms with Gasteiger partial charge in [0, 0.05) is 22.7 Å². The Bertz CT molecular complexity index is 1260. The predicted molar refractivity (Wildman–Crippen MR) is 144 cm³/mol. The number of allylic oxidation sites excluding steroid dienone is 4. The molecular formula is C32H42F2O7. The number of carboxylic acids is 1. The molecule has 13 atom stereocenters. The van der Waals surface area contributed by atoms with Gasteiger partial charge in [-0.15, -0.1) is 0 Å². The first kappa shape index (κ1) is 28.8. The van der Waals surface area contributed by atoms with Crippen molar-refractivity contribution in [3.05, 3.63) is 23.8 Å². The molecule has 0 amide bonds. The van der Waals surface area contributed by atoms with Crippen LogP contribution in [-0.4, -0.2) is 57.8 Å². The normalized spacial score (nSPS) is 52.8. The molecule has 41 heavy (non-hydrogen) atoms. The van der Waals surface area contributed by atoms with Crippen molar-refractivity contribution in [2.45, 2.75) is 103 Å². The average molecular weight is 577 g/mol. The van der Waals surface area contributed by atoms with Crippen LogP contribution in [0.15, 0.2) is 23.8 Å². The fourth-order valence-corrected chi connectivity index (χ4v) is 10.8. The lowest BCUT2D eigenvalue weighted by Crippen LogP contribution is -2.71. The molecule has 0 aromatic heterocycles. The van der Waals surface area contributed by atoms with Crippen LogP contribution in [0.3, 0.4) is 0 Å². The summed E-state index contributed by atoms with van der Waals surface area (Å²) in [7, 11) is 0. The summed E-state index contributed by atoms with van der Waals surface area (Å²) in [5.41, 5.74) is -7.24. The number of carbonyl (C=O) groups excluding carboxylic acids is 2. The van der Waals surface area contributed by atoms with Gasteiger partial charge < -0.3 is 19.7 Å². The van der Waals surface area contributed by atoms with Crippen molar-refractivity contribution in [2.24, 2.45) is 51.8 Å². The lowest BCUT2D eigenvalue weighted by Gasteiger charge is -2.63. The number of ketones is 1. The molecule has 0 spiro atoms.